The van der Waals surface area contributed by atoms with E-state index in [9.17, 15) is 14.9 Å². The highest BCUT2D eigenvalue weighted by Gasteiger charge is 2.35. The fourth-order valence-electron chi connectivity index (χ4n) is 5.14. The number of carbonyl (C=O) groups excluding carboxylic acids is 2. The monoisotopic (exact) mass is 520 g/mol. The number of rotatable bonds is 4. The van der Waals surface area contributed by atoms with Crippen LogP contribution in [0.4, 0.5) is 0 Å². The Kier molecular flexibility index (Phi) is 6.51. The van der Waals surface area contributed by atoms with Crippen molar-refractivity contribution in [3.8, 4) is 49.2 Å². The first-order valence-electron chi connectivity index (χ1n) is 12.0. The lowest BCUT2D eigenvalue weighted by Crippen LogP contribution is -2.24. The van der Waals surface area contributed by atoms with Crippen LogP contribution in [0, 0.1) is 11.3 Å². The van der Waals surface area contributed by atoms with E-state index in [-0.39, 0.29) is 5.91 Å². The highest BCUT2D eigenvalue weighted by Crippen LogP contribution is 2.58. The fraction of sp³-hybridized carbons (Fsp3) is 0.129. The lowest BCUT2D eigenvalue weighted by atomic mass is 9.84. The van der Waals surface area contributed by atoms with E-state index in [0.717, 1.165) is 60.2 Å². The highest BCUT2D eigenvalue weighted by molar-refractivity contribution is 7.14. The van der Waals surface area contributed by atoms with Crippen LogP contribution in [0.25, 0.3) is 53.9 Å². The first-order valence-corrected chi connectivity index (χ1v) is 13.8. The van der Waals surface area contributed by atoms with Gasteiger partial charge in [-0.05, 0) is 45.5 Å². The molecule has 1 aliphatic rings. The minimum Gasteiger partial charge on any atom is -0.345 e. The van der Waals surface area contributed by atoms with Gasteiger partial charge in [-0.3, -0.25) is 9.59 Å². The number of thiophene rings is 2. The van der Waals surface area contributed by atoms with E-state index >= 15 is 0 Å². The molecule has 0 bridgehead atoms. The van der Waals surface area contributed by atoms with Gasteiger partial charge in [0.2, 0.25) is 0 Å². The zero-order valence-electron chi connectivity index (χ0n) is 21.0. The van der Waals surface area contributed by atoms with Crippen LogP contribution in [0.5, 0.6) is 0 Å². The topological polar surface area (TPSA) is 61.2 Å². The highest BCUT2D eigenvalue weighted by atomic mass is 32.1. The number of benzene rings is 3. The SMILES string of the molecule is CC.CN(C)C(=O)c1c(C=O)c(-c2cccs2)c2c(c1-c1cccs1)-c1ccc(C#N)c3cccc-2c13. The van der Waals surface area contributed by atoms with Gasteiger partial charge in [0.25, 0.3) is 5.91 Å². The molecule has 4 nitrogen and oxygen atoms in total. The Morgan fingerprint density at radius 2 is 1.46 bits per heavy atom. The summed E-state index contributed by atoms with van der Waals surface area (Å²) in [4.78, 5) is 29.9. The van der Waals surface area contributed by atoms with E-state index < -0.39 is 0 Å². The number of nitrogens with zero attached hydrogens (tertiary/aromatic N) is 2. The Bertz CT molecular complexity index is 1710. The molecule has 182 valence electrons. The van der Waals surface area contributed by atoms with Gasteiger partial charge >= 0.3 is 0 Å². The quantitative estimate of drug-likeness (QED) is 0.219. The number of amides is 1. The molecule has 6 rings (SSSR count). The van der Waals surface area contributed by atoms with Crippen molar-refractivity contribution in [3.05, 3.63) is 82.0 Å². The van der Waals surface area contributed by atoms with Crippen LogP contribution in [0.1, 0.15) is 40.1 Å². The van der Waals surface area contributed by atoms with E-state index in [2.05, 4.69) is 12.1 Å². The van der Waals surface area contributed by atoms with Gasteiger partial charge in [0.05, 0.1) is 17.2 Å². The standard InChI is InChI=1S/C29H18N2O2S2.C2H6/c1-31(2)29(33)27-20(15-32)24(21-8-4-12-34-21)25-18-7-3-6-17-16(14-30)10-11-19(23(17)18)26(25)28(27)22-9-5-13-35-22;1-2/h3-13,15H,1-2H3;1-2H3. The average molecular weight is 521 g/mol. The Labute approximate surface area is 224 Å². The van der Waals surface area contributed by atoms with Gasteiger partial charge in [-0.2, -0.15) is 5.26 Å². The van der Waals surface area contributed by atoms with E-state index in [1.807, 2.05) is 73.1 Å². The van der Waals surface area contributed by atoms with Crippen LogP contribution in [-0.4, -0.2) is 31.2 Å². The molecule has 0 unspecified atom stereocenters. The Balaban J connectivity index is 0.00000137. The fourth-order valence-corrected chi connectivity index (χ4v) is 6.71. The summed E-state index contributed by atoms with van der Waals surface area (Å²) in [5.41, 5.74) is 6.84. The second-order valence-electron chi connectivity index (χ2n) is 8.56. The Morgan fingerprint density at radius 1 is 0.838 bits per heavy atom. The molecule has 6 heteroatoms. The zero-order chi connectivity index (χ0) is 26.3. The van der Waals surface area contributed by atoms with Crippen LogP contribution < -0.4 is 0 Å². The van der Waals surface area contributed by atoms with Crippen molar-refractivity contribution in [1.82, 2.24) is 4.90 Å². The van der Waals surface area contributed by atoms with Crippen molar-refractivity contribution < 1.29 is 9.59 Å². The van der Waals surface area contributed by atoms with Crippen molar-refractivity contribution in [2.24, 2.45) is 0 Å². The molecule has 2 aromatic heterocycles. The Morgan fingerprint density at radius 3 is 2.03 bits per heavy atom. The summed E-state index contributed by atoms with van der Waals surface area (Å²) < 4.78 is 0. The van der Waals surface area contributed by atoms with Gasteiger partial charge in [-0.15, -0.1) is 22.7 Å². The van der Waals surface area contributed by atoms with Crippen molar-refractivity contribution in [3.63, 3.8) is 0 Å². The molecule has 0 radical (unpaired) electrons. The molecule has 0 saturated carbocycles. The summed E-state index contributed by atoms with van der Waals surface area (Å²) >= 11 is 3.09. The maximum atomic E-state index is 13.7. The third kappa shape index (κ3) is 3.62. The largest absolute Gasteiger partial charge is 0.345 e. The number of aldehydes is 1. The van der Waals surface area contributed by atoms with Gasteiger partial charge in [0, 0.05) is 57.1 Å². The maximum absolute atomic E-state index is 13.7. The maximum Gasteiger partial charge on any atom is 0.254 e. The van der Waals surface area contributed by atoms with Crippen molar-refractivity contribution in [2.45, 2.75) is 13.8 Å². The summed E-state index contributed by atoms with van der Waals surface area (Å²) in [6.45, 7) is 4.00. The molecule has 1 aliphatic carbocycles. The number of fused-ring (bicyclic) bond motifs is 3. The summed E-state index contributed by atoms with van der Waals surface area (Å²) in [5, 5.41) is 15.6. The average Bonchev–Trinajstić information content (AvgIpc) is 3.71. The number of hydrogen-bond donors (Lipinski definition) is 0. The number of hydrogen-bond acceptors (Lipinski definition) is 5. The second-order valence-corrected chi connectivity index (χ2v) is 10.5. The summed E-state index contributed by atoms with van der Waals surface area (Å²) in [7, 11) is 3.42. The van der Waals surface area contributed by atoms with Crippen LogP contribution in [0.15, 0.2) is 65.4 Å². The molecule has 0 spiro atoms. The molecule has 2 heterocycles. The molecule has 0 saturated heterocycles. The number of nitriles is 1. The molecule has 0 N–H and O–H groups in total. The summed E-state index contributed by atoms with van der Waals surface area (Å²) in [6, 6.07) is 20.0. The van der Waals surface area contributed by atoms with Gasteiger partial charge in [0.1, 0.15) is 0 Å². The molecule has 1 amide bonds. The minimum atomic E-state index is -0.211. The number of carbonyl (C=O) groups is 2. The predicted octanol–water partition coefficient (Wildman–Crippen LogP) is 8.36. The van der Waals surface area contributed by atoms with Gasteiger partial charge < -0.3 is 4.90 Å². The van der Waals surface area contributed by atoms with Crippen LogP contribution in [0.3, 0.4) is 0 Å². The van der Waals surface area contributed by atoms with E-state index in [1.165, 1.54) is 4.90 Å². The van der Waals surface area contributed by atoms with Gasteiger partial charge in [-0.1, -0.05) is 50.2 Å². The molecule has 5 aromatic rings. The summed E-state index contributed by atoms with van der Waals surface area (Å²) in [6.07, 6.45) is 0.826. The van der Waals surface area contributed by atoms with Crippen LogP contribution >= 0.6 is 22.7 Å². The summed E-state index contributed by atoms with van der Waals surface area (Å²) in [5.74, 6) is -0.211. The van der Waals surface area contributed by atoms with E-state index in [1.54, 1.807) is 36.8 Å². The second kappa shape index (κ2) is 9.78. The van der Waals surface area contributed by atoms with Crippen LogP contribution in [-0.2, 0) is 0 Å². The first kappa shape index (κ1) is 24.6. The van der Waals surface area contributed by atoms with Crippen molar-refractivity contribution in [2.75, 3.05) is 14.1 Å². The molecule has 3 aromatic carbocycles. The molecular formula is C31H24N2O2S2. The predicted molar refractivity (Wildman–Crippen MR) is 154 cm³/mol. The zero-order valence-corrected chi connectivity index (χ0v) is 22.6. The Hall–Kier alpha value is -4.05. The third-order valence-corrected chi connectivity index (χ3v) is 8.29. The molecular weight excluding hydrogens is 496 g/mol. The third-order valence-electron chi connectivity index (χ3n) is 6.51. The van der Waals surface area contributed by atoms with Crippen molar-refractivity contribution in [1.29, 1.82) is 5.26 Å². The lowest BCUT2D eigenvalue weighted by Gasteiger charge is -2.23. The molecule has 0 atom stereocenters. The lowest BCUT2D eigenvalue weighted by molar-refractivity contribution is 0.0825. The van der Waals surface area contributed by atoms with E-state index in [4.69, 9.17) is 0 Å². The smallest absolute Gasteiger partial charge is 0.254 e. The molecule has 37 heavy (non-hydrogen) atoms. The molecule has 0 fully saturated rings. The van der Waals surface area contributed by atoms with Gasteiger partial charge in [0.15, 0.2) is 6.29 Å². The normalized spacial score (nSPS) is 10.9. The van der Waals surface area contributed by atoms with E-state index in [0.29, 0.717) is 16.7 Å². The minimum absolute atomic E-state index is 0.211. The van der Waals surface area contributed by atoms with Crippen LogP contribution in [0.2, 0.25) is 0 Å². The van der Waals surface area contributed by atoms with Gasteiger partial charge in [-0.25, -0.2) is 0 Å². The molecule has 0 aliphatic heterocycles. The van der Waals surface area contributed by atoms with Crippen molar-refractivity contribution >= 4 is 45.6 Å². The first-order chi connectivity index (χ1) is 18.1.